The molecule has 1 N–H and O–H groups in total. The van der Waals surface area contributed by atoms with E-state index >= 15 is 0 Å². The van der Waals surface area contributed by atoms with E-state index in [1.54, 1.807) is 6.92 Å². The van der Waals surface area contributed by atoms with Crippen LogP contribution in [0.4, 0.5) is 13.2 Å². The van der Waals surface area contributed by atoms with Crippen LogP contribution in [0.15, 0.2) is 29.2 Å². The second-order valence-corrected chi connectivity index (χ2v) is 11.8. The molecule has 0 aromatic heterocycles. The molecule has 0 saturated heterocycles. The maximum atomic E-state index is 14.7. The number of sulfonamides is 1. The minimum absolute atomic E-state index is 0.223. The van der Waals surface area contributed by atoms with E-state index < -0.39 is 59.8 Å². The third-order valence-electron chi connectivity index (χ3n) is 5.02. The lowest BCUT2D eigenvalue weighted by molar-refractivity contribution is -0.194. The zero-order chi connectivity index (χ0) is 26.8. The predicted octanol–water partition coefficient (Wildman–Crippen LogP) is 5.70. The molecule has 0 heterocycles. The summed E-state index contributed by atoms with van der Waals surface area (Å²) in [5.74, 6) is -2.11. The first-order valence-corrected chi connectivity index (χ1v) is 14.6. The minimum atomic E-state index is -5.73. The second-order valence-electron chi connectivity index (χ2n) is 7.93. The number of rotatable bonds is 16. The summed E-state index contributed by atoms with van der Waals surface area (Å²) >= 11 is 0. The Morgan fingerprint density at radius 3 is 1.83 bits per heavy atom. The molecule has 0 saturated carbocycles. The van der Waals surface area contributed by atoms with Gasteiger partial charge >= 0.3 is 25.0 Å². The zero-order valence-electron chi connectivity index (χ0n) is 20.5. The van der Waals surface area contributed by atoms with Gasteiger partial charge < -0.3 is 13.8 Å². The number of carbonyl (C=O) groups excluding carboxylic acids is 1. The van der Waals surface area contributed by atoms with Crippen LogP contribution >= 0.6 is 7.60 Å². The molecule has 0 aliphatic heterocycles. The molecule has 0 unspecified atom stereocenters. The molecule has 0 aliphatic carbocycles. The van der Waals surface area contributed by atoms with Crippen molar-refractivity contribution in [1.29, 1.82) is 0 Å². The lowest BCUT2D eigenvalue weighted by atomic mass is 10.2. The maximum Gasteiger partial charge on any atom is 0.430 e. The Balaban J connectivity index is 3.71. The molecule has 202 valence electrons. The quantitative estimate of drug-likeness (QED) is 0.161. The van der Waals surface area contributed by atoms with Crippen LogP contribution in [0.2, 0.25) is 0 Å². The van der Waals surface area contributed by atoms with E-state index in [-0.39, 0.29) is 12.8 Å². The van der Waals surface area contributed by atoms with E-state index in [9.17, 15) is 30.9 Å². The summed E-state index contributed by atoms with van der Waals surface area (Å²) in [6.07, 6.45) is -2.82. The van der Waals surface area contributed by atoms with Crippen LogP contribution in [-0.4, -0.2) is 45.7 Å². The molecule has 0 aliphatic rings. The minimum Gasteiger partial charge on any atom is -0.464 e. The number of hydrogen-bond donors (Lipinski definition) is 1. The van der Waals surface area contributed by atoms with Crippen LogP contribution in [0.5, 0.6) is 0 Å². The van der Waals surface area contributed by atoms with Crippen LogP contribution in [0, 0.1) is 6.92 Å². The Kier molecular flexibility index (Phi) is 12.4. The molecule has 35 heavy (non-hydrogen) atoms. The second kappa shape index (κ2) is 13.7. The van der Waals surface area contributed by atoms with Crippen molar-refractivity contribution in [2.24, 2.45) is 0 Å². The maximum absolute atomic E-state index is 14.7. The summed E-state index contributed by atoms with van der Waals surface area (Å²) in [5.41, 5.74) is 0.653. The molecule has 1 atom stereocenters. The summed E-state index contributed by atoms with van der Waals surface area (Å²) in [6.45, 7) is 5.16. The SMILES string of the molecule is CCCCCOP(=O)(OCCCCC)[C@](NS(=O)(=O)c1ccc(C)cc1)(C(=O)OCC)C(F)(F)F. The normalized spacial score (nSPS) is 14.5. The zero-order valence-corrected chi connectivity index (χ0v) is 22.2. The number of nitrogens with one attached hydrogen (secondary N) is 1. The third kappa shape index (κ3) is 8.01. The smallest absolute Gasteiger partial charge is 0.430 e. The molecular weight excluding hydrogens is 510 g/mol. The Morgan fingerprint density at radius 1 is 0.943 bits per heavy atom. The molecule has 0 spiro atoms. The van der Waals surface area contributed by atoms with Gasteiger partial charge in [-0.1, -0.05) is 57.2 Å². The molecule has 8 nitrogen and oxygen atoms in total. The largest absolute Gasteiger partial charge is 0.464 e. The fourth-order valence-corrected chi connectivity index (χ4v) is 6.86. The van der Waals surface area contributed by atoms with Crippen molar-refractivity contribution in [1.82, 2.24) is 4.72 Å². The Morgan fingerprint density at radius 2 is 1.43 bits per heavy atom. The van der Waals surface area contributed by atoms with Gasteiger partial charge in [-0.2, -0.15) is 17.9 Å². The fraction of sp³-hybridized carbons (Fsp3) is 0.682. The lowest BCUT2D eigenvalue weighted by Gasteiger charge is -2.38. The molecule has 0 amide bonds. The van der Waals surface area contributed by atoms with E-state index in [4.69, 9.17) is 9.05 Å². The Hall–Kier alpha value is -1.46. The number of ether oxygens (including phenoxy) is 1. The summed E-state index contributed by atoms with van der Waals surface area (Å²) in [7, 11) is -10.6. The Bertz CT molecular complexity index is 939. The van der Waals surface area contributed by atoms with Gasteiger partial charge in [0.25, 0.3) is 0 Å². The highest BCUT2D eigenvalue weighted by Crippen LogP contribution is 2.65. The van der Waals surface area contributed by atoms with E-state index in [0.717, 1.165) is 12.1 Å². The lowest BCUT2D eigenvalue weighted by Crippen LogP contribution is -2.64. The highest BCUT2D eigenvalue weighted by Gasteiger charge is 2.76. The van der Waals surface area contributed by atoms with Crippen LogP contribution in [0.1, 0.15) is 64.9 Å². The fourth-order valence-electron chi connectivity index (χ4n) is 3.05. The molecule has 0 fully saturated rings. The number of carbonyl (C=O) groups is 1. The van der Waals surface area contributed by atoms with E-state index in [1.807, 2.05) is 13.8 Å². The van der Waals surface area contributed by atoms with Crippen LogP contribution in [0.25, 0.3) is 0 Å². The summed E-state index contributed by atoms with van der Waals surface area (Å²) in [5, 5.41) is -4.31. The average Bonchev–Trinajstić information content (AvgIpc) is 2.77. The highest BCUT2D eigenvalue weighted by molar-refractivity contribution is 7.90. The standard InChI is InChI=1S/C22H35F3NO7PS/c1-5-8-10-16-32-34(28,33-17-11-9-6-2)21(22(23,24)25,20(27)31-7-3)26-35(29,30)19-14-12-18(4)13-15-19/h12-15,26H,5-11,16-17H2,1-4H3/t21-/m1/s1. The van der Waals surface area contributed by atoms with Crippen molar-refractivity contribution in [3.8, 4) is 0 Å². The molecular formula is C22H35F3NO7PS. The Labute approximate surface area is 205 Å². The molecule has 1 rings (SSSR count). The van der Waals surface area contributed by atoms with Crippen LogP contribution in [0.3, 0.4) is 0 Å². The van der Waals surface area contributed by atoms with Gasteiger partial charge in [-0.25, -0.2) is 13.2 Å². The summed E-state index contributed by atoms with van der Waals surface area (Å²) < 4.78 is 101. The molecule has 0 radical (unpaired) electrons. The van der Waals surface area contributed by atoms with Crippen molar-refractivity contribution in [2.75, 3.05) is 19.8 Å². The number of aryl methyl sites for hydroxylation is 1. The van der Waals surface area contributed by atoms with E-state index in [1.165, 1.54) is 23.8 Å². The summed E-state index contributed by atoms with van der Waals surface area (Å²) in [4.78, 5) is 12.3. The number of unbranched alkanes of at least 4 members (excludes halogenated alkanes) is 4. The van der Waals surface area contributed by atoms with Gasteiger partial charge in [0.2, 0.25) is 10.0 Å². The number of benzene rings is 1. The van der Waals surface area contributed by atoms with Gasteiger partial charge in [-0.3, -0.25) is 4.57 Å². The topological polar surface area (TPSA) is 108 Å². The first kappa shape index (κ1) is 31.6. The van der Waals surface area contributed by atoms with Crippen molar-refractivity contribution in [3.63, 3.8) is 0 Å². The van der Waals surface area contributed by atoms with Crippen molar-refractivity contribution >= 4 is 23.6 Å². The van der Waals surface area contributed by atoms with Gasteiger partial charge in [-0.05, 0) is 38.8 Å². The monoisotopic (exact) mass is 545 g/mol. The van der Waals surface area contributed by atoms with Gasteiger partial charge in [0.1, 0.15) is 0 Å². The van der Waals surface area contributed by atoms with Crippen molar-refractivity contribution in [3.05, 3.63) is 29.8 Å². The first-order valence-electron chi connectivity index (χ1n) is 11.5. The van der Waals surface area contributed by atoms with Crippen molar-refractivity contribution in [2.45, 2.75) is 82.6 Å². The summed E-state index contributed by atoms with van der Waals surface area (Å²) in [6, 6.07) is 4.88. The third-order valence-corrected chi connectivity index (χ3v) is 9.06. The van der Waals surface area contributed by atoms with E-state index in [2.05, 4.69) is 4.74 Å². The number of alkyl halides is 3. The molecule has 0 bridgehead atoms. The van der Waals surface area contributed by atoms with Crippen LogP contribution in [-0.2, 0) is 33.2 Å². The van der Waals surface area contributed by atoms with Gasteiger partial charge in [-0.15, -0.1) is 0 Å². The van der Waals surface area contributed by atoms with Gasteiger partial charge in [0.05, 0.1) is 24.7 Å². The highest BCUT2D eigenvalue weighted by atomic mass is 32.2. The number of halogens is 3. The molecule has 1 aromatic carbocycles. The number of hydrogen-bond acceptors (Lipinski definition) is 7. The first-order chi connectivity index (χ1) is 16.3. The van der Waals surface area contributed by atoms with Gasteiger partial charge in [0.15, 0.2) is 0 Å². The van der Waals surface area contributed by atoms with Crippen LogP contribution < -0.4 is 4.72 Å². The van der Waals surface area contributed by atoms with Crippen molar-refractivity contribution < 1.29 is 44.7 Å². The number of esters is 1. The average molecular weight is 546 g/mol. The van der Waals surface area contributed by atoms with E-state index in [0.29, 0.717) is 31.2 Å². The van der Waals surface area contributed by atoms with Gasteiger partial charge in [0, 0.05) is 0 Å². The molecule has 1 aromatic rings. The predicted molar refractivity (Wildman–Crippen MR) is 125 cm³/mol. The molecule has 13 heteroatoms.